The summed E-state index contributed by atoms with van der Waals surface area (Å²) in [6.07, 6.45) is 29.4. The molecule has 28 heteroatoms. The van der Waals surface area contributed by atoms with E-state index in [-0.39, 0.29) is 77.4 Å². The molecule has 10 aromatic heterocycles. The van der Waals surface area contributed by atoms with Crippen molar-refractivity contribution in [2.75, 3.05) is 39.8 Å². The third-order valence-electron chi connectivity index (χ3n) is 25.5. The van der Waals surface area contributed by atoms with Crippen molar-refractivity contribution in [2.45, 2.75) is 135 Å². The Hall–Kier alpha value is -14.3. The van der Waals surface area contributed by atoms with E-state index in [1.807, 2.05) is 130 Å². The molecule has 20 rings (SSSR count). The third-order valence-corrected chi connectivity index (χ3v) is 25.5. The SMILES string of the molecule is Cc1cc(-c2ncccc2-c2ccc3c(cnn3C(=O)N[C@@H]3CCCC[C@H]3N)c2)ccc1F.Cc1cc(-c2ncccc2-c2ccc3c(cnn3C(=O)N[C@H]3CCCC[C@@H]3N)c2)ccc1F.Cc1cc(-c2ncccc2-c2ccc3ncc(C(=O)NC4CCNCC4)n3c2)ccc1F.Cc1cc(-c2ncccc2-c2ccc3ncc(C(=O)NCC4CCN(C)CC4)n3c2)ccc1F. The van der Waals surface area contributed by atoms with Gasteiger partial charge in [0.2, 0.25) is 0 Å². The van der Waals surface area contributed by atoms with Gasteiger partial charge in [0.15, 0.2) is 0 Å². The molecule has 2 saturated heterocycles. The zero-order valence-corrected chi connectivity index (χ0v) is 74.2. The highest BCUT2D eigenvalue weighted by Crippen LogP contribution is 2.39. The zero-order valence-electron chi connectivity index (χ0n) is 74.2. The van der Waals surface area contributed by atoms with Crippen LogP contribution >= 0.6 is 0 Å². The lowest BCUT2D eigenvalue weighted by molar-refractivity contribution is 0.0919. The standard InChI is InChI=1S/C27H28FN5O.2C26H26FN5O.C25H24FN5O/c1-18-14-20(5-7-23(18)28)26-22(4-3-11-29-26)21-6-8-25-30-16-24(33(25)17-21)27(34)31-15-19-9-12-32(2)13-10-19;2*1-16-13-18(8-10-21(16)27)25-20(5-4-12-29-25)17-9-11-24-19(14-17)15-30-32(24)26(33)31-23-7-3-2-6-22(23)28;1-16-13-17(4-6-21(16)26)24-20(3-2-10-28-24)18-5-7-23-29-14-22(31(23)15-18)25(32)30-19-8-11-27-12-9-19/h3-8,11,14,16-17,19H,9-10,12-13,15H2,1-2H3,(H,31,34);2*4-5,8-15,22-23H,2-3,6-7,28H2,1H3,(H,31,33);2-7,10,13-15,19,27H,8-9,11-12H2,1H3,(H,30,32)/t;2*22-,23-;/m.10./s1. The maximum absolute atomic E-state index is 13.8. The molecule has 4 atom stereocenters. The number of carbonyl (C=O) groups is 4. The number of pyridine rings is 6. The maximum atomic E-state index is 13.8. The van der Waals surface area contributed by atoms with Crippen molar-refractivity contribution < 1.29 is 36.7 Å². The zero-order chi connectivity index (χ0) is 91.6. The minimum Gasteiger partial charge on any atom is -0.350 e. The lowest BCUT2D eigenvalue weighted by atomic mass is 9.91. The normalized spacial score (nSPS) is 16.6. The molecule has 6 aromatic carbocycles. The van der Waals surface area contributed by atoms with Gasteiger partial charge >= 0.3 is 12.1 Å². The molecular weight excluding hydrogens is 1670 g/mol. The molecule has 2 aliphatic carbocycles. The first-order valence-corrected chi connectivity index (χ1v) is 45.0. The summed E-state index contributed by atoms with van der Waals surface area (Å²) in [7, 11) is 2.13. The number of aryl methyl sites for hydroxylation is 4. The Morgan fingerprint density at radius 2 is 0.765 bits per heavy atom. The largest absolute Gasteiger partial charge is 0.350 e. The molecular formula is C104H104F4N20O4. The molecule has 2 saturated carbocycles. The maximum Gasteiger partial charge on any atom is 0.342 e. The lowest BCUT2D eigenvalue weighted by Crippen LogP contribution is -2.50. The molecule has 0 radical (unpaired) electrons. The van der Waals surface area contributed by atoms with Gasteiger partial charge in [-0.1, -0.05) is 62.1 Å². The topological polar surface area (TPSA) is 306 Å². The van der Waals surface area contributed by atoms with E-state index in [1.165, 1.54) is 33.6 Å². The molecule has 0 unspecified atom stereocenters. The summed E-state index contributed by atoms with van der Waals surface area (Å²) in [5.41, 5.74) is 32.3. The van der Waals surface area contributed by atoms with Crippen LogP contribution in [0.2, 0.25) is 0 Å². The average molecular weight is 1770 g/mol. The van der Waals surface area contributed by atoms with Crippen LogP contribution in [0, 0.1) is 56.9 Å². The highest BCUT2D eigenvalue weighted by atomic mass is 19.1. The summed E-state index contributed by atoms with van der Waals surface area (Å²) < 4.78 is 61.6. The fraction of sp³-hybridized carbons (Fsp3) is 0.269. The van der Waals surface area contributed by atoms with Crippen molar-refractivity contribution in [3.05, 3.63) is 301 Å². The number of piperidine rings is 2. The number of aromatic nitrogens is 12. The van der Waals surface area contributed by atoms with E-state index in [0.717, 1.165) is 215 Å². The summed E-state index contributed by atoms with van der Waals surface area (Å²) in [6.45, 7) is 11.6. The first-order valence-electron chi connectivity index (χ1n) is 45.0. The minimum absolute atomic E-state index is 0.0183. The Labute approximate surface area is 761 Å². The Bertz CT molecular complexity index is 6730. The molecule has 12 heterocycles. The van der Waals surface area contributed by atoms with E-state index in [0.29, 0.717) is 57.4 Å². The smallest absolute Gasteiger partial charge is 0.342 e. The van der Waals surface area contributed by atoms with Crippen molar-refractivity contribution >= 4 is 57.0 Å². The van der Waals surface area contributed by atoms with E-state index >= 15 is 0 Å². The quantitative estimate of drug-likeness (QED) is 0.0469. The number of amides is 4. The number of nitrogens with two attached hydrogens (primary N) is 2. The predicted octanol–water partition coefficient (Wildman–Crippen LogP) is 18.7. The van der Waals surface area contributed by atoms with Gasteiger partial charge in [0, 0.05) is 140 Å². The molecule has 4 aliphatic rings. The van der Waals surface area contributed by atoms with E-state index in [4.69, 9.17) is 11.5 Å². The van der Waals surface area contributed by atoms with E-state index < -0.39 is 0 Å². The molecule has 4 amide bonds. The molecule has 132 heavy (non-hydrogen) atoms. The lowest BCUT2D eigenvalue weighted by Gasteiger charge is -2.29. The minimum atomic E-state index is -0.260. The van der Waals surface area contributed by atoms with Crippen molar-refractivity contribution in [3.63, 3.8) is 0 Å². The van der Waals surface area contributed by atoms with Crippen molar-refractivity contribution in [1.82, 2.24) is 89.8 Å². The monoisotopic (exact) mass is 1770 g/mol. The third kappa shape index (κ3) is 20.2. The number of imidazole rings is 2. The molecule has 9 N–H and O–H groups in total. The number of nitrogens with zero attached hydrogens (tertiary/aromatic N) is 13. The summed E-state index contributed by atoms with van der Waals surface area (Å²) in [6, 6.07) is 54.5. The van der Waals surface area contributed by atoms with Crippen LogP contribution in [0.5, 0.6) is 0 Å². The Morgan fingerprint density at radius 1 is 0.402 bits per heavy atom. The fourth-order valence-corrected chi connectivity index (χ4v) is 17.9. The average Bonchev–Trinajstić information content (AvgIpc) is 1.50. The van der Waals surface area contributed by atoms with E-state index in [1.54, 1.807) is 126 Å². The highest BCUT2D eigenvalue weighted by molar-refractivity contribution is 5.97. The number of carbonyl (C=O) groups excluding carboxylic acids is 4. The number of rotatable bonds is 15. The Balaban J connectivity index is 0.000000123. The van der Waals surface area contributed by atoms with Gasteiger partial charge in [-0.05, 0) is 297 Å². The van der Waals surface area contributed by atoms with Crippen molar-refractivity contribution in [3.8, 4) is 89.5 Å². The second-order valence-electron chi connectivity index (χ2n) is 34.7. The summed E-state index contributed by atoms with van der Waals surface area (Å²) >= 11 is 0. The number of likely N-dealkylation sites (tertiary alicyclic amines) is 1. The van der Waals surface area contributed by atoms with Crippen LogP contribution in [-0.2, 0) is 0 Å². The van der Waals surface area contributed by atoms with Gasteiger partial charge in [-0.2, -0.15) is 19.6 Å². The first-order chi connectivity index (χ1) is 64.1. The number of hydrogen-bond donors (Lipinski definition) is 7. The Kier molecular flexibility index (Phi) is 27.4. The molecule has 0 bridgehead atoms. The predicted molar refractivity (Wildman–Crippen MR) is 508 cm³/mol. The number of benzene rings is 6. The van der Waals surface area contributed by atoms with Crippen LogP contribution in [0.3, 0.4) is 0 Å². The second-order valence-corrected chi connectivity index (χ2v) is 34.7. The number of hydrogen-bond acceptors (Lipinski definition) is 16. The van der Waals surface area contributed by atoms with Crippen molar-refractivity contribution in [1.29, 1.82) is 0 Å². The van der Waals surface area contributed by atoms with Crippen LogP contribution in [0.4, 0.5) is 27.2 Å². The van der Waals surface area contributed by atoms with Gasteiger partial charge in [0.25, 0.3) is 11.8 Å². The van der Waals surface area contributed by atoms with E-state index in [9.17, 15) is 36.7 Å². The van der Waals surface area contributed by atoms with Gasteiger partial charge in [-0.15, -0.1) is 0 Å². The van der Waals surface area contributed by atoms with Crippen LogP contribution in [-0.4, -0.2) is 157 Å². The summed E-state index contributed by atoms with van der Waals surface area (Å²) in [4.78, 5) is 81.1. The molecule has 0 spiro atoms. The highest BCUT2D eigenvalue weighted by Gasteiger charge is 2.29. The van der Waals surface area contributed by atoms with Crippen molar-refractivity contribution in [2.24, 2.45) is 17.4 Å². The molecule has 4 fully saturated rings. The van der Waals surface area contributed by atoms with Gasteiger partial charge in [-0.25, -0.2) is 37.1 Å². The summed E-state index contributed by atoms with van der Waals surface area (Å²) in [5, 5.41) is 26.0. The van der Waals surface area contributed by atoms with Crippen LogP contribution in [0.25, 0.3) is 123 Å². The molecule has 16 aromatic rings. The van der Waals surface area contributed by atoms with Crippen LogP contribution in [0.15, 0.2) is 244 Å². The number of fused-ring (bicyclic) bond motifs is 4. The van der Waals surface area contributed by atoms with E-state index in [2.05, 4.69) is 78.6 Å². The van der Waals surface area contributed by atoms with Gasteiger partial charge in [-0.3, -0.25) is 38.3 Å². The van der Waals surface area contributed by atoms with Gasteiger partial charge < -0.3 is 43.0 Å². The second kappa shape index (κ2) is 40.4. The molecule has 2 aliphatic heterocycles. The molecule has 672 valence electrons. The Morgan fingerprint density at radius 3 is 1.15 bits per heavy atom. The number of halogens is 4. The van der Waals surface area contributed by atoms with Gasteiger partial charge in [0.1, 0.15) is 46.0 Å². The first kappa shape index (κ1) is 89.7. The van der Waals surface area contributed by atoms with Crippen LogP contribution in [0.1, 0.15) is 120 Å². The van der Waals surface area contributed by atoms with Crippen LogP contribution < -0.4 is 38.1 Å². The molecule has 24 nitrogen and oxygen atoms in total. The summed E-state index contributed by atoms with van der Waals surface area (Å²) in [5.74, 6) is -0.694. The fourth-order valence-electron chi connectivity index (χ4n) is 17.9. The van der Waals surface area contributed by atoms with Gasteiger partial charge in [0.05, 0.1) is 58.6 Å². The number of nitrogens with one attached hydrogen (secondary N) is 5.